The van der Waals surface area contributed by atoms with Crippen molar-refractivity contribution >= 4 is 34.9 Å². The number of carbonyl (C=O) groups excluding carboxylic acids is 1. The molecule has 0 spiro atoms. The van der Waals surface area contributed by atoms with Gasteiger partial charge < -0.3 is 15.4 Å². The van der Waals surface area contributed by atoms with Crippen molar-refractivity contribution in [2.75, 3.05) is 6.54 Å². The normalized spacial score (nSPS) is 19.1. The van der Waals surface area contributed by atoms with Crippen molar-refractivity contribution in [3.63, 3.8) is 0 Å². The molecule has 2 aromatic carbocycles. The molecule has 2 atom stereocenters. The van der Waals surface area contributed by atoms with Gasteiger partial charge in [0.15, 0.2) is 0 Å². The zero-order valence-corrected chi connectivity index (χ0v) is 15.0. The second-order valence-corrected chi connectivity index (χ2v) is 6.69. The van der Waals surface area contributed by atoms with Gasteiger partial charge in [0.25, 0.3) is 0 Å². The number of halogens is 3. The van der Waals surface area contributed by atoms with E-state index in [9.17, 15) is 13.6 Å². The number of ether oxygens (including phenoxy) is 1. The van der Waals surface area contributed by atoms with Crippen LogP contribution >= 0.6 is 23.8 Å². The van der Waals surface area contributed by atoms with Crippen LogP contribution in [-0.2, 0) is 11.3 Å². The van der Waals surface area contributed by atoms with Gasteiger partial charge in [0.2, 0.25) is 0 Å². The lowest BCUT2D eigenvalue weighted by molar-refractivity contribution is 0.137. The first-order valence-corrected chi connectivity index (χ1v) is 8.63. The Morgan fingerprint density at radius 2 is 1.92 bits per heavy atom. The van der Waals surface area contributed by atoms with Crippen LogP contribution in [-0.4, -0.2) is 23.7 Å². The van der Waals surface area contributed by atoms with Gasteiger partial charge in [-0.2, -0.15) is 0 Å². The average molecular weight is 397 g/mol. The fourth-order valence-corrected chi connectivity index (χ4v) is 3.35. The number of benzene rings is 2. The number of carbonyl (C=O) groups is 1. The van der Waals surface area contributed by atoms with E-state index in [4.69, 9.17) is 28.6 Å². The van der Waals surface area contributed by atoms with Gasteiger partial charge in [-0.25, -0.2) is 13.6 Å². The summed E-state index contributed by atoms with van der Waals surface area (Å²) in [6.45, 7) is 0.270. The number of amides is 1. The Balaban J connectivity index is 1.71. The van der Waals surface area contributed by atoms with Crippen LogP contribution in [0.1, 0.15) is 17.0 Å². The van der Waals surface area contributed by atoms with Crippen LogP contribution in [0.15, 0.2) is 42.5 Å². The lowest BCUT2D eigenvalue weighted by atomic mass is 9.93. The molecule has 2 aromatic rings. The average Bonchev–Trinajstić information content (AvgIpc) is 2.94. The molecule has 0 saturated carbocycles. The molecular weight excluding hydrogens is 382 g/mol. The fourth-order valence-electron chi connectivity index (χ4n) is 2.86. The predicted octanol–water partition coefficient (Wildman–Crippen LogP) is 3.93. The zero-order valence-electron chi connectivity index (χ0n) is 13.5. The van der Waals surface area contributed by atoms with Crippen molar-refractivity contribution < 1.29 is 18.3 Å². The summed E-state index contributed by atoms with van der Waals surface area (Å²) < 4.78 is 33.6. The molecule has 1 saturated heterocycles. The number of thiocarbonyl (C=S) groups is 1. The van der Waals surface area contributed by atoms with Crippen LogP contribution < -0.4 is 10.6 Å². The van der Waals surface area contributed by atoms with Crippen LogP contribution in [0.25, 0.3) is 0 Å². The molecule has 8 heteroatoms. The summed E-state index contributed by atoms with van der Waals surface area (Å²) in [7, 11) is 0. The molecule has 136 valence electrons. The van der Waals surface area contributed by atoms with E-state index in [-0.39, 0.29) is 23.7 Å². The van der Waals surface area contributed by atoms with Gasteiger partial charge in [0.1, 0.15) is 18.2 Å². The molecule has 0 aromatic heterocycles. The Kier molecular flexibility index (Phi) is 5.68. The van der Waals surface area contributed by atoms with E-state index >= 15 is 0 Å². The van der Waals surface area contributed by atoms with Crippen LogP contribution in [0.5, 0.6) is 0 Å². The van der Waals surface area contributed by atoms with Crippen LogP contribution in [0.2, 0.25) is 5.02 Å². The smallest absolute Gasteiger partial charge is 0.408 e. The summed E-state index contributed by atoms with van der Waals surface area (Å²) in [6, 6.07) is 10.4. The summed E-state index contributed by atoms with van der Waals surface area (Å²) in [5.41, 5.74) is 0.649. The van der Waals surface area contributed by atoms with Gasteiger partial charge in [-0.15, -0.1) is 0 Å². The molecule has 1 amide bonds. The highest BCUT2D eigenvalue weighted by Crippen LogP contribution is 2.31. The lowest BCUT2D eigenvalue weighted by Crippen LogP contribution is -2.42. The van der Waals surface area contributed by atoms with E-state index in [0.29, 0.717) is 4.99 Å². The van der Waals surface area contributed by atoms with Crippen molar-refractivity contribution in [3.8, 4) is 0 Å². The number of nitrogens with one attached hydrogen (secondary N) is 2. The van der Waals surface area contributed by atoms with Crippen LogP contribution in [0.4, 0.5) is 13.6 Å². The first-order chi connectivity index (χ1) is 12.5. The molecule has 1 heterocycles. The van der Waals surface area contributed by atoms with Crippen molar-refractivity contribution in [1.29, 1.82) is 0 Å². The van der Waals surface area contributed by atoms with Crippen LogP contribution in [0, 0.1) is 11.6 Å². The predicted molar refractivity (Wildman–Crippen MR) is 98.3 cm³/mol. The molecule has 0 unspecified atom stereocenters. The highest BCUT2D eigenvalue weighted by molar-refractivity contribution is 7.80. The molecule has 1 aliphatic heterocycles. The third-order valence-corrected chi connectivity index (χ3v) is 4.70. The molecular formula is C18H15ClF2N2O2S. The third-order valence-electron chi connectivity index (χ3n) is 4.08. The Morgan fingerprint density at radius 3 is 2.58 bits per heavy atom. The second kappa shape index (κ2) is 7.97. The van der Waals surface area contributed by atoms with Gasteiger partial charge in [-0.1, -0.05) is 54.2 Å². The Labute approximate surface area is 159 Å². The Morgan fingerprint density at radius 1 is 1.27 bits per heavy atom. The van der Waals surface area contributed by atoms with E-state index in [2.05, 4.69) is 10.6 Å². The maximum Gasteiger partial charge on any atom is 0.408 e. The van der Waals surface area contributed by atoms with Gasteiger partial charge in [-0.3, -0.25) is 0 Å². The molecule has 4 nitrogen and oxygen atoms in total. The topological polar surface area (TPSA) is 50.4 Å². The minimum Gasteiger partial charge on any atom is -0.445 e. The highest BCUT2D eigenvalue weighted by atomic mass is 35.5. The first kappa shape index (κ1) is 18.5. The van der Waals surface area contributed by atoms with E-state index in [1.165, 1.54) is 0 Å². The minimum atomic E-state index is -0.782. The van der Waals surface area contributed by atoms with Gasteiger partial charge in [0, 0.05) is 23.0 Å². The molecule has 0 radical (unpaired) electrons. The third kappa shape index (κ3) is 4.11. The Hall–Kier alpha value is -2.25. The van der Waals surface area contributed by atoms with Gasteiger partial charge >= 0.3 is 6.09 Å². The summed E-state index contributed by atoms with van der Waals surface area (Å²) in [5, 5.41) is 5.41. The largest absolute Gasteiger partial charge is 0.445 e. The molecule has 3 rings (SSSR count). The minimum absolute atomic E-state index is 0.0379. The summed E-state index contributed by atoms with van der Waals surface area (Å²) in [4.78, 5) is 12.4. The van der Waals surface area contributed by atoms with Crippen LogP contribution in [0.3, 0.4) is 0 Å². The van der Waals surface area contributed by atoms with Crippen molar-refractivity contribution in [1.82, 2.24) is 10.6 Å². The molecule has 1 aliphatic rings. The SMILES string of the molecule is O=C(N[C@@H]1C(=S)NC[C@H]1c1c(F)cc(Cl)cc1F)OCc1ccccc1. The summed E-state index contributed by atoms with van der Waals surface area (Å²) >= 11 is 10.8. The van der Waals surface area contributed by atoms with Crippen molar-refractivity contribution in [2.24, 2.45) is 0 Å². The number of hydrogen-bond donors (Lipinski definition) is 2. The summed E-state index contributed by atoms with van der Waals surface area (Å²) in [6.07, 6.45) is -0.718. The molecule has 2 N–H and O–H groups in total. The molecule has 26 heavy (non-hydrogen) atoms. The molecule has 1 fully saturated rings. The van der Waals surface area contributed by atoms with Gasteiger partial charge in [0.05, 0.1) is 11.0 Å². The Bertz CT molecular complexity index is 812. The number of alkyl carbamates (subject to hydrolysis) is 1. The lowest BCUT2D eigenvalue weighted by Gasteiger charge is -2.21. The fraction of sp³-hybridized carbons (Fsp3) is 0.222. The quantitative estimate of drug-likeness (QED) is 0.769. The van der Waals surface area contributed by atoms with E-state index in [0.717, 1.165) is 17.7 Å². The molecule has 0 bridgehead atoms. The zero-order chi connectivity index (χ0) is 18.7. The van der Waals surface area contributed by atoms with E-state index in [1.807, 2.05) is 30.3 Å². The maximum absolute atomic E-state index is 14.2. The summed E-state index contributed by atoms with van der Waals surface area (Å²) in [5.74, 6) is -2.27. The van der Waals surface area contributed by atoms with Gasteiger partial charge in [-0.05, 0) is 17.7 Å². The number of hydrogen-bond acceptors (Lipinski definition) is 3. The second-order valence-electron chi connectivity index (χ2n) is 5.82. The van der Waals surface area contributed by atoms with E-state index < -0.39 is 29.7 Å². The van der Waals surface area contributed by atoms with Crippen molar-refractivity contribution in [3.05, 3.63) is 70.2 Å². The standard InChI is InChI=1S/C18H15ClF2N2O2S/c19-11-6-13(20)15(14(21)7-11)12-8-22-17(26)16(12)23-18(24)25-9-10-4-2-1-3-5-10/h1-7,12,16H,8-9H2,(H,22,26)(H,23,24)/t12-,16-/m0/s1. The highest BCUT2D eigenvalue weighted by Gasteiger charge is 2.37. The monoisotopic (exact) mass is 396 g/mol. The first-order valence-electron chi connectivity index (χ1n) is 7.85. The maximum atomic E-state index is 14.2. The molecule has 0 aliphatic carbocycles. The van der Waals surface area contributed by atoms with Crippen molar-refractivity contribution in [2.45, 2.75) is 18.6 Å². The van der Waals surface area contributed by atoms with E-state index in [1.54, 1.807) is 0 Å². The number of rotatable bonds is 4.